The highest BCUT2D eigenvalue weighted by molar-refractivity contribution is 9.10. The third-order valence-corrected chi connectivity index (χ3v) is 4.19. The van der Waals surface area contributed by atoms with E-state index in [4.69, 9.17) is 0 Å². The number of hydrogen-bond donors (Lipinski definition) is 0. The van der Waals surface area contributed by atoms with Crippen molar-refractivity contribution >= 4 is 21.8 Å². The smallest absolute Gasteiger partial charge is 0.228 e. The molecule has 104 valence electrons. The molecule has 1 aliphatic rings. The van der Waals surface area contributed by atoms with Crippen molar-refractivity contribution in [2.24, 2.45) is 5.41 Å². The first-order valence-electron chi connectivity index (χ1n) is 6.96. The van der Waals surface area contributed by atoms with Gasteiger partial charge in [0.05, 0.1) is 6.04 Å². The first-order valence-corrected chi connectivity index (χ1v) is 7.75. The summed E-state index contributed by atoms with van der Waals surface area (Å²) in [6.07, 6.45) is 3.40. The van der Waals surface area contributed by atoms with Crippen LogP contribution >= 0.6 is 15.9 Å². The molecule has 1 aliphatic heterocycles. The molecule has 1 unspecified atom stereocenters. The number of benzene rings is 1. The molecule has 0 N–H and O–H groups in total. The van der Waals surface area contributed by atoms with Gasteiger partial charge in [0.25, 0.3) is 0 Å². The molecule has 0 aromatic heterocycles. The highest BCUT2D eigenvalue weighted by atomic mass is 79.9. The van der Waals surface area contributed by atoms with Crippen LogP contribution in [0.3, 0.4) is 0 Å². The number of halogens is 1. The van der Waals surface area contributed by atoms with Crippen molar-refractivity contribution in [1.29, 1.82) is 0 Å². The highest BCUT2D eigenvalue weighted by Gasteiger charge is 2.34. The van der Waals surface area contributed by atoms with E-state index in [0.717, 1.165) is 23.9 Å². The molecule has 0 aliphatic carbocycles. The van der Waals surface area contributed by atoms with E-state index in [1.807, 2.05) is 20.8 Å². The average molecular weight is 324 g/mol. The molecular formula is C16H22BrNO. The fraction of sp³-hybridized carbons (Fsp3) is 0.562. The molecule has 0 saturated carbocycles. The number of carbonyl (C=O) groups is 1. The Morgan fingerprint density at radius 3 is 2.42 bits per heavy atom. The first kappa shape index (κ1) is 14.6. The van der Waals surface area contributed by atoms with E-state index in [1.54, 1.807) is 0 Å². The summed E-state index contributed by atoms with van der Waals surface area (Å²) in [5.41, 5.74) is 0.950. The zero-order valence-corrected chi connectivity index (χ0v) is 13.5. The van der Waals surface area contributed by atoms with E-state index in [1.165, 1.54) is 12.0 Å². The maximum Gasteiger partial charge on any atom is 0.228 e. The Morgan fingerprint density at radius 1 is 1.21 bits per heavy atom. The maximum atomic E-state index is 12.6. The average Bonchev–Trinajstić information content (AvgIpc) is 2.38. The second-order valence-corrected chi connectivity index (χ2v) is 7.23. The van der Waals surface area contributed by atoms with Crippen LogP contribution in [-0.4, -0.2) is 17.4 Å². The van der Waals surface area contributed by atoms with E-state index < -0.39 is 0 Å². The van der Waals surface area contributed by atoms with Crippen molar-refractivity contribution in [2.75, 3.05) is 6.54 Å². The quantitative estimate of drug-likeness (QED) is 0.742. The number of piperidine rings is 1. The van der Waals surface area contributed by atoms with Crippen molar-refractivity contribution in [2.45, 2.75) is 46.1 Å². The van der Waals surface area contributed by atoms with Gasteiger partial charge in [0, 0.05) is 16.4 Å². The van der Waals surface area contributed by atoms with Gasteiger partial charge in [-0.15, -0.1) is 0 Å². The van der Waals surface area contributed by atoms with Crippen LogP contribution in [0.25, 0.3) is 0 Å². The molecule has 1 amide bonds. The van der Waals surface area contributed by atoms with Crippen LogP contribution in [0.5, 0.6) is 0 Å². The standard InChI is InChI=1S/C16H22BrNO/c1-16(2,3)15(19)18-11-5-4-6-14(18)12-7-9-13(17)10-8-12/h7-10,14H,4-6,11H2,1-3H3. The molecule has 2 nitrogen and oxygen atoms in total. The molecule has 1 saturated heterocycles. The van der Waals surface area contributed by atoms with Gasteiger partial charge in [-0.1, -0.05) is 48.8 Å². The first-order chi connectivity index (χ1) is 8.89. The molecule has 1 aromatic carbocycles. The second kappa shape index (κ2) is 5.66. The lowest BCUT2D eigenvalue weighted by Crippen LogP contribution is -2.44. The summed E-state index contributed by atoms with van der Waals surface area (Å²) >= 11 is 3.46. The number of likely N-dealkylation sites (tertiary alicyclic amines) is 1. The number of rotatable bonds is 1. The van der Waals surface area contributed by atoms with Crippen LogP contribution in [0.15, 0.2) is 28.7 Å². The predicted molar refractivity (Wildman–Crippen MR) is 81.9 cm³/mol. The van der Waals surface area contributed by atoms with Crippen LogP contribution in [0, 0.1) is 5.41 Å². The van der Waals surface area contributed by atoms with Crippen molar-refractivity contribution in [3.63, 3.8) is 0 Å². The van der Waals surface area contributed by atoms with Crippen LogP contribution in [0.2, 0.25) is 0 Å². The molecule has 0 spiro atoms. The minimum atomic E-state index is -0.301. The zero-order valence-electron chi connectivity index (χ0n) is 11.9. The van der Waals surface area contributed by atoms with Crippen LogP contribution < -0.4 is 0 Å². The van der Waals surface area contributed by atoms with Crippen LogP contribution in [0.4, 0.5) is 0 Å². The highest BCUT2D eigenvalue weighted by Crippen LogP contribution is 2.34. The van der Waals surface area contributed by atoms with E-state index in [9.17, 15) is 4.79 Å². The summed E-state index contributed by atoms with van der Waals surface area (Å²) in [5.74, 6) is 0.264. The Balaban J connectivity index is 2.26. The van der Waals surface area contributed by atoms with Gasteiger partial charge < -0.3 is 4.90 Å². The fourth-order valence-electron chi connectivity index (χ4n) is 2.64. The zero-order chi connectivity index (χ0) is 14.0. The summed E-state index contributed by atoms with van der Waals surface area (Å²) in [7, 11) is 0. The number of nitrogens with zero attached hydrogens (tertiary/aromatic N) is 1. The van der Waals surface area contributed by atoms with Crippen LogP contribution in [0.1, 0.15) is 51.6 Å². The molecule has 19 heavy (non-hydrogen) atoms. The molecule has 0 bridgehead atoms. The third-order valence-electron chi connectivity index (χ3n) is 3.66. The van der Waals surface area contributed by atoms with E-state index in [2.05, 4.69) is 45.1 Å². The van der Waals surface area contributed by atoms with Crippen molar-refractivity contribution in [1.82, 2.24) is 4.90 Å². The topological polar surface area (TPSA) is 20.3 Å². The summed E-state index contributed by atoms with van der Waals surface area (Å²) in [4.78, 5) is 14.7. The monoisotopic (exact) mass is 323 g/mol. The fourth-order valence-corrected chi connectivity index (χ4v) is 2.90. The molecule has 3 heteroatoms. The Kier molecular flexibility index (Phi) is 4.34. The van der Waals surface area contributed by atoms with Gasteiger partial charge >= 0.3 is 0 Å². The van der Waals surface area contributed by atoms with Gasteiger partial charge in [0.2, 0.25) is 5.91 Å². The minimum Gasteiger partial charge on any atom is -0.335 e. The largest absolute Gasteiger partial charge is 0.335 e. The summed E-state index contributed by atoms with van der Waals surface area (Å²) in [6, 6.07) is 8.62. The lowest BCUT2D eigenvalue weighted by atomic mass is 9.89. The third kappa shape index (κ3) is 3.38. The Hall–Kier alpha value is -0.830. The maximum absolute atomic E-state index is 12.6. The molecular weight excluding hydrogens is 302 g/mol. The van der Waals surface area contributed by atoms with Gasteiger partial charge in [0.15, 0.2) is 0 Å². The molecule has 0 radical (unpaired) electrons. The Bertz CT molecular complexity index is 447. The minimum absolute atomic E-state index is 0.244. The molecule has 1 heterocycles. The normalized spacial score (nSPS) is 20.4. The van der Waals surface area contributed by atoms with Gasteiger partial charge in [-0.2, -0.15) is 0 Å². The number of amides is 1. The van der Waals surface area contributed by atoms with Gasteiger partial charge in [-0.3, -0.25) is 4.79 Å². The lowest BCUT2D eigenvalue weighted by Gasteiger charge is -2.39. The van der Waals surface area contributed by atoms with Crippen LogP contribution in [-0.2, 0) is 4.79 Å². The molecule has 2 rings (SSSR count). The predicted octanol–water partition coefficient (Wildman–Crippen LogP) is 4.55. The summed E-state index contributed by atoms with van der Waals surface area (Å²) < 4.78 is 1.08. The van der Waals surface area contributed by atoms with Crippen molar-refractivity contribution in [3.8, 4) is 0 Å². The van der Waals surface area contributed by atoms with E-state index in [-0.39, 0.29) is 17.4 Å². The molecule has 1 fully saturated rings. The van der Waals surface area contributed by atoms with E-state index >= 15 is 0 Å². The second-order valence-electron chi connectivity index (χ2n) is 6.31. The number of carbonyl (C=O) groups excluding carboxylic acids is 1. The Labute approximate surface area is 124 Å². The van der Waals surface area contributed by atoms with Gasteiger partial charge in [-0.25, -0.2) is 0 Å². The summed E-state index contributed by atoms with van der Waals surface area (Å²) in [5, 5.41) is 0. The van der Waals surface area contributed by atoms with Gasteiger partial charge in [0.1, 0.15) is 0 Å². The SMILES string of the molecule is CC(C)(C)C(=O)N1CCCCC1c1ccc(Br)cc1. The van der Waals surface area contributed by atoms with Crippen molar-refractivity contribution in [3.05, 3.63) is 34.3 Å². The van der Waals surface area contributed by atoms with Gasteiger partial charge in [-0.05, 0) is 37.0 Å². The van der Waals surface area contributed by atoms with E-state index in [0.29, 0.717) is 0 Å². The number of hydrogen-bond acceptors (Lipinski definition) is 1. The lowest BCUT2D eigenvalue weighted by molar-refractivity contribution is -0.143. The molecule has 1 aromatic rings. The van der Waals surface area contributed by atoms with Crippen molar-refractivity contribution < 1.29 is 4.79 Å². The summed E-state index contributed by atoms with van der Waals surface area (Å²) in [6.45, 7) is 6.89. The Morgan fingerprint density at radius 2 is 1.84 bits per heavy atom. The molecule has 1 atom stereocenters.